The first-order valence-corrected chi connectivity index (χ1v) is 13.3. The lowest BCUT2D eigenvalue weighted by molar-refractivity contribution is 0.0818. The Morgan fingerprint density at radius 1 is 0.806 bits per heavy atom. The highest BCUT2D eigenvalue weighted by Gasteiger charge is 2.37. The van der Waals surface area contributed by atoms with Crippen LogP contribution >= 0.6 is 0 Å². The molecule has 36 heavy (non-hydrogen) atoms. The van der Waals surface area contributed by atoms with E-state index in [0.29, 0.717) is 17.8 Å². The third-order valence-corrected chi connectivity index (χ3v) is 7.97. The van der Waals surface area contributed by atoms with Crippen LogP contribution < -0.4 is 0 Å². The Hall–Kier alpha value is -3.46. The summed E-state index contributed by atoms with van der Waals surface area (Å²) in [5.41, 5.74) is 6.74. The summed E-state index contributed by atoms with van der Waals surface area (Å²) in [6.07, 6.45) is 2.25. The van der Waals surface area contributed by atoms with Gasteiger partial charge in [0.25, 0.3) is 5.91 Å². The summed E-state index contributed by atoms with van der Waals surface area (Å²) in [7, 11) is 0. The van der Waals surface area contributed by atoms with Crippen molar-refractivity contribution in [3.63, 3.8) is 0 Å². The van der Waals surface area contributed by atoms with Crippen LogP contribution in [0.1, 0.15) is 85.5 Å². The van der Waals surface area contributed by atoms with Crippen molar-refractivity contribution in [1.29, 1.82) is 0 Å². The Bertz CT molecular complexity index is 1270. The number of aromatic nitrogens is 2. The van der Waals surface area contributed by atoms with Gasteiger partial charge in [0.1, 0.15) is 0 Å². The van der Waals surface area contributed by atoms with Crippen molar-refractivity contribution in [1.82, 2.24) is 9.78 Å². The van der Waals surface area contributed by atoms with Gasteiger partial charge in [-0.1, -0.05) is 119 Å². The van der Waals surface area contributed by atoms with E-state index in [9.17, 15) is 4.79 Å². The highest BCUT2D eigenvalue weighted by molar-refractivity contribution is 5.87. The maximum absolute atomic E-state index is 14.4. The van der Waals surface area contributed by atoms with Gasteiger partial charge in [0, 0.05) is 28.9 Å². The summed E-state index contributed by atoms with van der Waals surface area (Å²) in [6, 6.07) is 31.2. The first kappa shape index (κ1) is 24.2. The zero-order chi connectivity index (χ0) is 25.2. The number of carbonyl (C=O) groups excluding carboxylic acids is 1. The lowest BCUT2D eigenvalue weighted by atomic mass is 9.75. The van der Waals surface area contributed by atoms with E-state index in [1.807, 2.05) is 18.2 Å². The maximum atomic E-state index is 14.4. The molecule has 4 aromatic rings. The molecule has 5 rings (SSSR count). The van der Waals surface area contributed by atoms with Crippen molar-refractivity contribution >= 4 is 5.91 Å². The molecule has 0 saturated heterocycles. The van der Waals surface area contributed by atoms with Crippen molar-refractivity contribution in [2.24, 2.45) is 11.8 Å². The Morgan fingerprint density at radius 3 is 1.86 bits per heavy atom. The molecule has 3 atom stereocenters. The standard InChI is InChI=1S/C33H36N2O/c1-22(2)28-21-20-23(3)29-31(28)34-35(32(29)27-18-12-7-13-19-27)33(36)24(4)30(25-14-8-5-9-15-25)26-16-10-6-11-17-26/h5-19,22-24,28,30H,20-21H2,1-4H3. The highest BCUT2D eigenvalue weighted by Crippen LogP contribution is 2.46. The number of fused-ring (bicyclic) bond motifs is 1. The second-order valence-corrected chi connectivity index (χ2v) is 10.7. The number of hydrogen-bond donors (Lipinski definition) is 0. The average Bonchev–Trinajstić information content (AvgIpc) is 3.31. The van der Waals surface area contributed by atoms with Crippen LogP contribution in [-0.4, -0.2) is 15.7 Å². The zero-order valence-corrected chi connectivity index (χ0v) is 21.8. The van der Waals surface area contributed by atoms with E-state index in [1.54, 1.807) is 4.68 Å². The van der Waals surface area contributed by atoms with E-state index in [2.05, 4.69) is 100 Å². The van der Waals surface area contributed by atoms with Crippen molar-refractivity contribution in [3.05, 3.63) is 113 Å². The van der Waals surface area contributed by atoms with Crippen molar-refractivity contribution in [2.45, 2.75) is 58.3 Å². The summed E-state index contributed by atoms with van der Waals surface area (Å²) in [5, 5.41) is 5.14. The van der Waals surface area contributed by atoms with Crippen LogP contribution in [0.2, 0.25) is 0 Å². The SMILES string of the molecule is CC1CCC(C(C)C)c2nn(C(=O)C(C)C(c3ccccc3)c3ccccc3)c(-c3ccccc3)c21. The van der Waals surface area contributed by atoms with Crippen LogP contribution in [0.4, 0.5) is 0 Å². The van der Waals surface area contributed by atoms with Crippen LogP contribution in [0.5, 0.6) is 0 Å². The molecule has 1 aliphatic rings. The minimum atomic E-state index is -0.286. The van der Waals surface area contributed by atoms with Gasteiger partial charge in [0.15, 0.2) is 0 Å². The second-order valence-electron chi connectivity index (χ2n) is 10.7. The summed E-state index contributed by atoms with van der Waals surface area (Å²) in [5.74, 6) is 0.950. The van der Waals surface area contributed by atoms with Gasteiger partial charge < -0.3 is 0 Å². The number of hydrogen-bond acceptors (Lipinski definition) is 2. The van der Waals surface area contributed by atoms with Crippen LogP contribution in [0, 0.1) is 11.8 Å². The van der Waals surface area contributed by atoms with Gasteiger partial charge in [0.2, 0.25) is 0 Å². The van der Waals surface area contributed by atoms with Crippen molar-refractivity contribution < 1.29 is 4.79 Å². The van der Waals surface area contributed by atoms with E-state index in [4.69, 9.17) is 5.10 Å². The molecule has 184 valence electrons. The van der Waals surface area contributed by atoms with Gasteiger partial charge in [-0.3, -0.25) is 4.79 Å². The molecule has 0 saturated carbocycles. The largest absolute Gasteiger partial charge is 0.272 e. The van der Waals surface area contributed by atoms with Gasteiger partial charge in [0.05, 0.1) is 11.4 Å². The van der Waals surface area contributed by atoms with E-state index in [0.717, 1.165) is 40.9 Å². The topological polar surface area (TPSA) is 34.9 Å². The molecule has 3 heteroatoms. The minimum absolute atomic E-state index is 0.0515. The van der Waals surface area contributed by atoms with Gasteiger partial charge in [-0.2, -0.15) is 9.78 Å². The van der Waals surface area contributed by atoms with Gasteiger partial charge in [-0.05, 0) is 35.8 Å². The van der Waals surface area contributed by atoms with E-state index >= 15 is 0 Å². The van der Waals surface area contributed by atoms with Gasteiger partial charge in [-0.15, -0.1) is 0 Å². The van der Waals surface area contributed by atoms with Crippen LogP contribution in [0.15, 0.2) is 91.0 Å². The monoisotopic (exact) mass is 476 g/mol. The minimum Gasteiger partial charge on any atom is -0.272 e. The zero-order valence-electron chi connectivity index (χ0n) is 21.8. The molecule has 3 aromatic carbocycles. The molecule has 0 amide bonds. The fourth-order valence-corrected chi connectivity index (χ4v) is 6.03. The van der Waals surface area contributed by atoms with E-state index in [-0.39, 0.29) is 17.7 Å². The number of rotatable bonds is 6. The summed E-state index contributed by atoms with van der Waals surface area (Å²) in [6.45, 7) is 8.90. The lowest BCUT2D eigenvalue weighted by Gasteiger charge is -2.29. The van der Waals surface area contributed by atoms with Crippen molar-refractivity contribution in [3.8, 4) is 11.3 Å². The van der Waals surface area contributed by atoms with Gasteiger partial charge in [-0.25, -0.2) is 0 Å². The molecule has 0 N–H and O–H groups in total. The first-order chi connectivity index (χ1) is 17.5. The molecule has 0 aliphatic heterocycles. The molecule has 0 radical (unpaired) electrons. The fraction of sp³-hybridized carbons (Fsp3) is 0.333. The molecule has 0 fully saturated rings. The lowest BCUT2D eigenvalue weighted by Crippen LogP contribution is -2.27. The Kier molecular flexibility index (Phi) is 6.91. The molecule has 0 bridgehead atoms. The van der Waals surface area contributed by atoms with Gasteiger partial charge >= 0.3 is 0 Å². The van der Waals surface area contributed by atoms with Crippen molar-refractivity contribution in [2.75, 3.05) is 0 Å². The molecule has 3 nitrogen and oxygen atoms in total. The van der Waals surface area contributed by atoms with Crippen LogP contribution in [0.25, 0.3) is 11.3 Å². The number of nitrogens with zero attached hydrogens (tertiary/aromatic N) is 2. The number of benzene rings is 3. The Labute approximate surface area is 215 Å². The number of carbonyl (C=O) groups is 1. The summed E-state index contributed by atoms with van der Waals surface area (Å²) < 4.78 is 1.76. The van der Waals surface area contributed by atoms with E-state index < -0.39 is 0 Å². The summed E-state index contributed by atoms with van der Waals surface area (Å²) in [4.78, 5) is 14.4. The highest BCUT2D eigenvalue weighted by atomic mass is 16.2. The molecule has 1 aromatic heterocycles. The average molecular weight is 477 g/mol. The third-order valence-electron chi connectivity index (χ3n) is 7.97. The molecule has 1 heterocycles. The molecule has 1 aliphatic carbocycles. The summed E-state index contributed by atoms with van der Waals surface area (Å²) >= 11 is 0. The predicted octanol–water partition coefficient (Wildman–Crippen LogP) is 8.30. The normalized spacial score (nSPS) is 18.3. The third kappa shape index (κ3) is 4.43. The van der Waals surface area contributed by atoms with E-state index in [1.165, 1.54) is 5.56 Å². The molecular weight excluding hydrogens is 440 g/mol. The fourth-order valence-electron chi connectivity index (χ4n) is 6.03. The van der Waals surface area contributed by atoms with Crippen LogP contribution in [-0.2, 0) is 0 Å². The Morgan fingerprint density at radius 2 is 1.33 bits per heavy atom. The molecular formula is C33H36N2O. The first-order valence-electron chi connectivity index (χ1n) is 13.3. The Balaban J connectivity index is 1.67. The predicted molar refractivity (Wildman–Crippen MR) is 147 cm³/mol. The second kappa shape index (κ2) is 10.3. The molecule has 0 spiro atoms. The smallest absolute Gasteiger partial charge is 0.251 e. The maximum Gasteiger partial charge on any atom is 0.251 e. The van der Waals surface area contributed by atoms with Crippen LogP contribution in [0.3, 0.4) is 0 Å². The molecule has 3 unspecified atom stereocenters. The quantitative estimate of drug-likeness (QED) is 0.280.